The monoisotopic (exact) mass is 555 g/mol. The zero-order chi connectivity index (χ0) is 28.1. The number of nitrogens with zero attached hydrogens (tertiary/aromatic N) is 2. The van der Waals surface area contributed by atoms with E-state index >= 15 is 0 Å². The summed E-state index contributed by atoms with van der Waals surface area (Å²) in [7, 11) is -1.72. The minimum Gasteiger partial charge on any atom is -0.306 e. The van der Waals surface area contributed by atoms with Gasteiger partial charge in [-0.2, -0.15) is 0 Å². The van der Waals surface area contributed by atoms with E-state index in [-0.39, 0.29) is 16.7 Å². The summed E-state index contributed by atoms with van der Waals surface area (Å²) in [4.78, 5) is 20.3. The van der Waals surface area contributed by atoms with Crippen molar-refractivity contribution in [2.24, 2.45) is 11.1 Å². The van der Waals surface area contributed by atoms with Crippen molar-refractivity contribution in [1.82, 2.24) is 4.98 Å². The third kappa shape index (κ3) is 6.72. The largest absolute Gasteiger partial charge is 0.306 e. The number of carbonyl (C=O) groups excluding carboxylic acids is 1. The minimum atomic E-state index is -1.72. The Hall–Kier alpha value is -3.68. The summed E-state index contributed by atoms with van der Waals surface area (Å²) in [5.74, 6) is 0.101. The van der Waals surface area contributed by atoms with Crippen molar-refractivity contribution in [2.75, 3.05) is 4.90 Å². The molecular formula is C33H34FN3O2S. The minimum absolute atomic E-state index is 0.0440. The standard InChI is InChI=1S/C27H28N2O.C6H6FNOS/c1-19-8-7-13-23(28-19)18-29(24-15-14-20-9-5-6-12-22(20)16-24)27(30)26-17-25(26)21-10-3-2-4-11-21;7-5-3-1-2-4-6(5)10(8)9/h2-4,7-8,10-11,13-16,25-26H,5-6,9,12,17-18H2,1H3;1-4H,8H2/t25-,26+;/m1./s1. The van der Waals surface area contributed by atoms with Crippen LogP contribution in [0.1, 0.15) is 53.3 Å². The number of anilines is 1. The Morgan fingerprint density at radius 1 is 0.950 bits per heavy atom. The smallest absolute Gasteiger partial charge is 0.231 e. The lowest BCUT2D eigenvalue weighted by molar-refractivity contribution is -0.120. The Morgan fingerprint density at radius 3 is 2.38 bits per heavy atom. The molecule has 0 saturated heterocycles. The van der Waals surface area contributed by atoms with Crippen LogP contribution in [0.25, 0.3) is 0 Å². The molecule has 1 fully saturated rings. The molecule has 0 aliphatic heterocycles. The molecule has 3 aromatic carbocycles. The molecule has 5 nitrogen and oxygen atoms in total. The number of pyridine rings is 1. The zero-order valence-electron chi connectivity index (χ0n) is 22.6. The number of hydrogen-bond donors (Lipinski definition) is 1. The van der Waals surface area contributed by atoms with Gasteiger partial charge in [-0.1, -0.05) is 54.6 Å². The second-order valence-corrected chi connectivity index (χ2v) is 11.5. The second-order valence-electron chi connectivity index (χ2n) is 10.4. The van der Waals surface area contributed by atoms with E-state index in [1.165, 1.54) is 47.7 Å². The van der Waals surface area contributed by atoms with E-state index in [4.69, 9.17) is 5.14 Å². The van der Waals surface area contributed by atoms with Crippen molar-refractivity contribution in [1.29, 1.82) is 0 Å². The highest BCUT2D eigenvalue weighted by atomic mass is 32.2. The maximum Gasteiger partial charge on any atom is 0.231 e. The fourth-order valence-electron chi connectivity index (χ4n) is 5.38. The molecule has 7 heteroatoms. The molecule has 1 unspecified atom stereocenters. The zero-order valence-corrected chi connectivity index (χ0v) is 23.4. The average molecular weight is 556 g/mol. The lowest BCUT2D eigenvalue weighted by atomic mass is 9.91. The molecule has 1 amide bonds. The summed E-state index contributed by atoms with van der Waals surface area (Å²) in [5.41, 5.74) is 7.07. The van der Waals surface area contributed by atoms with E-state index in [1.54, 1.807) is 6.07 Å². The summed E-state index contributed by atoms with van der Waals surface area (Å²) < 4.78 is 23.1. The number of fused-ring (bicyclic) bond motifs is 1. The molecule has 40 heavy (non-hydrogen) atoms. The average Bonchev–Trinajstić information content (AvgIpc) is 3.78. The van der Waals surface area contributed by atoms with Crippen molar-refractivity contribution < 1.29 is 13.4 Å². The van der Waals surface area contributed by atoms with Gasteiger partial charge in [0.05, 0.1) is 17.1 Å². The van der Waals surface area contributed by atoms with Crippen molar-refractivity contribution >= 4 is 22.6 Å². The van der Waals surface area contributed by atoms with Crippen LogP contribution in [0.5, 0.6) is 0 Å². The third-order valence-corrected chi connectivity index (χ3v) is 8.33. The molecule has 6 rings (SSSR count). The fourth-order valence-corrected chi connectivity index (χ4v) is 5.85. The number of halogens is 1. The summed E-state index contributed by atoms with van der Waals surface area (Å²) >= 11 is 0. The van der Waals surface area contributed by atoms with Crippen LogP contribution in [-0.4, -0.2) is 15.1 Å². The molecule has 2 aliphatic carbocycles. The van der Waals surface area contributed by atoms with Crippen molar-refractivity contribution in [2.45, 2.75) is 56.4 Å². The van der Waals surface area contributed by atoms with E-state index in [9.17, 15) is 13.4 Å². The molecule has 4 aromatic rings. The van der Waals surface area contributed by atoms with Gasteiger partial charge in [-0.15, -0.1) is 0 Å². The Morgan fingerprint density at radius 2 is 1.68 bits per heavy atom. The number of aryl methyl sites for hydroxylation is 3. The van der Waals surface area contributed by atoms with Gasteiger partial charge in [0, 0.05) is 17.3 Å². The normalized spacial score (nSPS) is 18.1. The second kappa shape index (κ2) is 12.7. The third-order valence-electron chi connectivity index (χ3n) is 7.56. The lowest BCUT2D eigenvalue weighted by Crippen LogP contribution is -2.32. The van der Waals surface area contributed by atoms with Gasteiger partial charge in [0.2, 0.25) is 5.91 Å². The number of rotatable bonds is 6. The van der Waals surface area contributed by atoms with Crippen LogP contribution in [0.4, 0.5) is 10.1 Å². The van der Waals surface area contributed by atoms with Crippen LogP contribution in [-0.2, 0) is 35.2 Å². The van der Waals surface area contributed by atoms with E-state index in [0.29, 0.717) is 12.5 Å². The Bertz CT molecular complexity index is 1510. The number of aromatic nitrogens is 1. The Kier molecular flexibility index (Phi) is 8.82. The van der Waals surface area contributed by atoms with Gasteiger partial charge in [0.1, 0.15) is 16.8 Å². The molecule has 0 spiro atoms. The van der Waals surface area contributed by atoms with Gasteiger partial charge in [-0.25, -0.2) is 13.7 Å². The number of benzene rings is 3. The van der Waals surface area contributed by atoms with Crippen LogP contribution in [0.3, 0.4) is 0 Å². The summed E-state index contributed by atoms with van der Waals surface area (Å²) in [5, 5.41) is 4.95. The number of carbonyl (C=O) groups is 1. The lowest BCUT2D eigenvalue weighted by Gasteiger charge is -2.25. The number of hydrogen-bond acceptors (Lipinski definition) is 3. The molecule has 1 aromatic heterocycles. The Labute approximate surface area is 237 Å². The summed E-state index contributed by atoms with van der Waals surface area (Å²) in [6.45, 7) is 2.53. The van der Waals surface area contributed by atoms with Crippen molar-refractivity contribution in [3.05, 3.63) is 125 Å². The molecule has 1 heterocycles. The first-order chi connectivity index (χ1) is 19.4. The van der Waals surface area contributed by atoms with Crippen LogP contribution >= 0.6 is 0 Å². The maximum absolute atomic E-state index is 13.6. The SMILES string of the molecule is Cc1cccc(CN(C(=O)[C@H]2C[C@@H]2c2ccccc2)c2ccc3c(c2)CCCC3)n1.NS(=O)c1ccccc1F. The van der Waals surface area contributed by atoms with Gasteiger partial charge in [0.15, 0.2) is 0 Å². The van der Waals surface area contributed by atoms with Gasteiger partial charge in [0.25, 0.3) is 0 Å². The predicted molar refractivity (Wildman–Crippen MR) is 158 cm³/mol. The first-order valence-electron chi connectivity index (χ1n) is 13.7. The molecule has 206 valence electrons. The first-order valence-corrected chi connectivity index (χ1v) is 14.9. The topological polar surface area (TPSA) is 76.3 Å². The van der Waals surface area contributed by atoms with Crippen LogP contribution in [0.15, 0.2) is 95.9 Å². The highest BCUT2D eigenvalue weighted by molar-refractivity contribution is 7.82. The van der Waals surface area contributed by atoms with E-state index < -0.39 is 16.8 Å². The van der Waals surface area contributed by atoms with Crippen LogP contribution < -0.4 is 10.0 Å². The summed E-state index contributed by atoms with van der Waals surface area (Å²) in [6, 6.07) is 28.8. The Balaban J connectivity index is 0.000000274. The van der Waals surface area contributed by atoms with Crippen LogP contribution in [0, 0.1) is 18.7 Å². The fraction of sp³-hybridized carbons (Fsp3) is 0.273. The number of nitrogens with two attached hydrogens (primary N) is 1. The maximum atomic E-state index is 13.6. The molecule has 2 N–H and O–H groups in total. The van der Waals surface area contributed by atoms with E-state index in [0.717, 1.165) is 36.3 Å². The first kappa shape index (κ1) is 27.9. The molecule has 0 bridgehead atoms. The predicted octanol–water partition coefficient (Wildman–Crippen LogP) is 6.41. The number of amides is 1. The molecular weight excluding hydrogens is 521 g/mol. The van der Waals surface area contributed by atoms with E-state index in [2.05, 4.69) is 47.4 Å². The van der Waals surface area contributed by atoms with E-state index in [1.807, 2.05) is 36.1 Å². The molecule has 3 atom stereocenters. The highest BCUT2D eigenvalue weighted by Crippen LogP contribution is 2.49. The highest BCUT2D eigenvalue weighted by Gasteiger charge is 2.46. The van der Waals surface area contributed by atoms with Gasteiger partial charge in [-0.05, 0) is 98.0 Å². The van der Waals surface area contributed by atoms with Gasteiger partial charge in [-0.3, -0.25) is 9.78 Å². The van der Waals surface area contributed by atoms with Crippen molar-refractivity contribution in [3.63, 3.8) is 0 Å². The van der Waals surface area contributed by atoms with Gasteiger partial charge >= 0.3 is 0 Å². The van der Waals surface area contributed by atoms with Crippen LogP contribution in [0.2, 0.25) is 0 Å². The summed E-state index contributed by atoms with van der Waals surface area (Å²) in [6.07, 6.45) is 5.71. The molecule has 1 saturated carbocycles. The quantitative estimate of drug-likeness (QED) is 0.299. The molecule has 2 aliphatic rings. The molecule has 0 radical (unpaired) electrons. The van der Waals surface area contributed by atoms with Crippen molar-refractivity contribution in [3.8, 4) is 0 Å². The van der Waals surface area contributed by atoms with Gasteiger partial charge < -0.3 is 4.90 Å².